The third kappa shape index (κ3) is 8.78. The number of aliphatic hydroxyl groups excluding tert-OH is 1. The molecule has 0 aliphatic carbocycles. The van der Waals surface area contributed by atoms with Crippen LogP contribution in [0, 0.1) is 13.8 Å². The standard InChI is InChI=1S/2C16H13N.C5H8O2.Ir/c2*1-12-11-14-9-5-6-10-15(14)17-16(12)13-7-3-2-4-8-13;1-4(6)3-5(2)7;/h2*2-11H,1H3;3,6H,1-2H3;/b;;4-3-;. The molecule has 2 aromatic heterocycles. The molecule has 6 rings (SSSR count). The number of carbonyl (C=O) groups is 1. The van der Waals surface area contributed by atoms with E-state index in [0.717, 1.165) is 22.4 Å². The summed E-state index contributed by atoms with van der Waals surface area (Å²) in [7, 11) is 0. The van der Waals surface area contributed by atoms with Gasteiger partial charge in [-0.2, -0.15) is 0 Å². The molecule has 0 unspecified atom stereocenters. The molecule has 0 amide bonds. The number of hydrogen-bond acceptors (Lipinski definition) is 4. The molecular formula is C37H34IrN2O2. The van der Waals surface area contributed by atoms with Crippen molar-refractivity contribution in [3.05, 3.63) is 144 Å². The SMILES string of the molecule is CC(=O)/C=C(/C)O.Cc1cc2ccccc2nc1-c1ccccc1.Cc1cc2ccccc2nc1-c1ccccc1.[Ir]. The minimum atomic E-state index is -0.125. The Balaban J connectivity index is 0.000000186. The quantitative estimate of drug-likeness (QED) is 0.146. The van der Waals surface area contributed by atoms with E-state index in [4.69, 9.17) is 15.1 Å². The molecular weight excluding hydrogens is 697 g/mol. The molecule has 0 saturated carbocycles. The van der Waals surface area contributed by atoms with Crippen molar-refractivity contribution >= 4 is 27.6 Å². The molecule has 2 heterocycles. The first-order valence-electron chi connectivity index (χ1n) is 13.5. The van der Waals surface area contributed by atoms with E-state index < -0.39 is 0 Å². The third-order valence-corrected chi connectivity index (χ3v) is 6.34. The van der Waals surface area contributed by atoms with Gasteiger partial charge in [-0.1, -0.05) is 97.1 Å². The zero-order valence-corrected chi connectivity index (χ0v) is 26.6. The van der Waals surface area contributed by atoms with Gasteiger partial charge in [0.25, 0.3) is 0 Å². The molecule has 6 aromatic rings. The van der Waals surface area contributed by atoms with Gasteiger partial charge in [-0.25, -0.2) is 9.97 Å². The molecule has 0 spiro atoms. The van der Waals surface area contributed by atoms with Crippen molar-refractivity contribution in [2.75, 3.05) is 0 Å². The molecule has 4 aromatic carbocycles. The molecule has 1 N–H and O–H groups in total. The van der Waals surface area contributed by atoms with Gasteiger partial charge < -0.3 is 5.11 Å². The van der Waals surface area contributed by atoms with E-state index in [0.29, 0.717) is 0 Å². The van der Waals surface area contributed by atoms with Crippen LogP contribution in [0.5, 0.6) is 0 Å². The number of para-hydroxylation sites is 2. The van der Waals surface area contributed by atoms with E-state index in [9.17, 15) is 4.79 Å². The van der Waals surface area contributed by atoms with Crippen LogP contribution >= 0.6 is 0 Å². The minimum Gasteiger partial charge on any atom is -0.512 e. The Morgan fingerprint density at radius 2 is 0.952 bits per heavy atom. The van der Waals surface area contributed by atoms with Crippen molar-refractivity contribution in [2.24, 2.45) is 0 Å². The fourth-order valence-corrected chi connectivity index (χ4v) is 4.51. The minimum absolute atomic E-state index is 0. The fraction of sp³-hybridized carbons (Fsp3) is 0.108. The van der Waals surface area contributed by atoms with Gasteiger partial charge in [-0.3, -0.25) is 4.79 Å². The van der Waals surface area contributed by atoms with Gasteiger partial charge in [0.15, 0.2) is 5.78 Å². The van der Waals surface area contributed by atoms with Gasteiger partial charge in [-0.15, -0.1) is 0 Å². The van der Waals surface area contributed by atoms with Gasteiger partial charge in [0.2, 0.25) is 0 Å². The summed E-state index contributed by atoms with van der Waals surface area (Å²) in [6.45, 7) is 7.07. The van der Waals surface area contributed by atoms with Crippen LogP contribution in [-0.4, -0.2) is 20.9 Å². The van der Waals surface area contributed by atoms with Crippen molar-refractivity contribution in [2.45, 2.75) is 27.7 Å². The van der Waals surface area contributed by atoms with Gasteiger partial charge in [-0.05, 0) is 63.1 Å². The second-order valence-corrected chi connectivity index (χ2v) is 9.82. The van der Waals surface area contributed by atoms with Crippen molar-refractivity contribution < 1.29 is 30.0 Å². The number of ketones is 1. The maximum atomic E-state index is 10.0. The average molecular weight is 731 g/mol. The summed E-state index contributed by atoms with van der Waals surface area (Å²) < 4.78 is 0. The molecule has 0 atom stereocenters. The third-order valence-electron chi connectivity index (χ3n) is 6.34. The van der Waals surface area contributed by atoms with Crippen molar-refractivity contribution in [1.82, 2.24) is 9.97 Å². The summed E-state index contributed by atoms with van der Waals surface area (Å²) in [5.41, 5.74) is 9.04. The van der Waals surface area contributed by atoms with Crippen LogP contribution in [0.1, 0.15) is 25.0 Å². The average Bonchev–Trinajstić information content (AvgIpc) is 2.97. The Hall–Kier alpha value is -4.44. The summed E-state index contributed by atoms with van der Waals surface area (Å²) in [6.07, 6.45) is 1.17. The second kappa shape index (κ2) is 15.5. The number of aliphatic hydroxyl groups is 1. The first kappa shape index (κ1) is 32.1. The number of pyridine rings is 2. The predicted molar refractivity (Wildman–Crippen MR) is 171 cm³/mol. The summed E-state index contributed by atoms with van der Waals surface area (Å²) >= 11 is 0. The number of aromatic nitrogens is 2. The van der Waals surface area contributed by atoms with Crippen LogP contribution in [0.2, 0.25) is 0 Å². The van der Waals surface area contributed by atoms with E-state index in [1.54, 1.807) is 0 Å². The van der Waals surface area contributed by atoms with Crippen LogP contribution in [0.3, 0.4) is 0 Å². The molecule has 0 aliphatic rings. The second-order valence-electron chi connectivity index (χ2n) is 9.82. The molecule has 0 aliphatic heterocycles. The molecule has 4 nitrogen and oxygen atoms in total. The number of hydrogen-bond donors (Lipinski definition) is 1. The monoisotopic (exact) mass is 731 g/mol. The van der Waals surface area contributed by atoms with Crippen LogP contribution in [0.15, 0.2) is 133 Å². The van der Waals surface area contributed by atoms with E-state index >= 15 is 0 Å². The van der Waals surface area contributed by atoms with E-state index in [1.807, 2.05) is 60.7 Å². The summed E-state index contributed by atoms with van der Waals surface area (Å²) in [5, 5.41) is 10.8. The fourth-order valence-electron chi connectivity index (χ4n) is 4.51. The summed E-state index contributed by atoms with van der Waals surface area (Å²) in [4.78, 5) is 19.5. The Labute approximate surface area is 261 Å². The predicted octanol–water partition coefficient (Wildman–Crippen LogP) is 9.46. The van der Waals surface area contributed by atoms with Gasteiger partial charge >= 0.3 is 0 Å². The zero-order chi connectivity index (χ0) is 29.2. The van der Waals surface area contributed by atoms with Crippen LogP contribution in [0.4, 0.5) is 0 Å². The van der Waals surface area contributed by atoms with E-state index in [1.165, 1.54) is 52.9 Å². The molecule has 213 valence electrons. The molecule has 0 fully saturated rings. The van der Waals surface area contributed by atoms with Crippen LogP contribution in [0.25, 0.3) is 44.3 Å². The maximum absolute atomic E-state index is 10.0. The number of rotatable bonds is 3. The number of benzene rings is 4. The van der Waals surface area contributed by atoms with Crippen molar-refractivity contribution in [3.8, 4) is 22.5 Å². The van der Waals surface area contributed by atoms with Crippen LogP contribution in [-0.2, 0) is 24.9 Å². The molecule has 0 saturated heterocycles. The van der Waals surface area contributed by atoms with Gasteiger partial charge in [0.1, 0.15) is 0 Å². The number of nitrogens with zero attached hydrogens (tertiary/aromatic N) is 2. The number of aryl methyl sites for hydroxylation is 2. The summed E-state index contributed by atoms with van der Waals surface area (Å²) in [5.74, 6) is -0.0625. The maximum Gasteiger partial charge on any atom is 0.155 e. The molecule has 42 heavy (non-hydrogen) atoms. The molecule has 5 heteroatoms. The van der Waals surface area contributed by atoms with E-state index in [2.05, 4.69) is 74.5 Å². The first-order chi connectivity index (χ1) is 19.8. The van der Waals surface area contributed by atoms with Gasteiger partial charge in [0, 0.05) is 48.1 Å². The molecule has 0 bridgehead atoms. The number of allylic oxidation sites excluding steroid dienone is 2. The Bertz CT molecular complexity index is 1680. The number of carbonyl (C=O) groups excluding carboxylic acids is 1. The topological polar surface area (TPSA) is 63.1 Å². The number of fused-ring (bicyclic) bond motifs is 2. The van der Waals surface area contributed by atoms with Crippen LogP contribution < -0.4 is 0 Å². The first-order valence-corrected chi connectivity index (χ1v) is 13.5. The van der Waals surface area contributed by atoms with Crippen molar-refractivity contribution in [3.63, 3.8) is 0 Å². The van der Waals surface area contributed by atoms with Gasteiger partial charge in [0.05, 0.1) is 28.2 Å². The smallest absolute Gasteiger partial charge is 0.155 e. The Kier molecular flexibility index (Phi) is 11.9. The zero-order valence-electron chi connectivity index (χ0n) is 24.2. The molecule has 1 radical (unpaired) electrons. The van der Waals surface area contributed by atoms with E-state index in [-0.39, 0.29) is 31.6 Å². The van der Waals surface area contributed by atoms with Crippen molar-refractivity contribution in [1.29, 1.82) is 0 Å². The largest absolute Gasteiger partial charge is 0.512 e. The normalized spacial score (nSPS) is 10.5. The Morgan fingerprint density at radius 3 is 1.29 bits per heavy atom. The summed E-state index contributed by atoms with van der Waals surface area (Å²) in [6, 6.07) is 41.5. The Morgan fingerprint density at radius 1 is 0.595 bits per heavy atom.